The van der Waals surface area contributed by atoms with E-state index in [1.807, 2.05) is 0 Å². The van der Waals surface area contributed by atoms with Crippen LogP contribution in [0.5, 0.6) is 0 Å². The molecule has 0 radical (unpaired) electrons. The number of carboxylic acid groups (broad SMARTS) is 1. The van der Waals surface area contributed by atoms with Crippen LogP contribution >= 0.6 is 0 Å². The lowest BCUT2D eigenvalue weighted by atomic mass is 10.2. The van der Waals surface area contributed by atoms with E-state index in [0.29, 0.717) is 0 Å². The maximum atomic E-state index is 11.0. The number of hydrogen-bond donors (Lipinski definition) is 2. The summed E-state index contributed by atoms with van der Waals surface area (Å²) >= 11 is 0. The third-order valence-electron chi connectivity index (χ3n) is 2.41. The minimum Gasteiger partial charge on any atom is -0.478 e. The van der Waals surface area contributed by atoms with Crippen molar-refractivity contribution in [2.45, 2.75) is 0 Å². The van der Waals surface area contributed by atoms with Crippen LogP contribution in [-0.4, -0.2) is 25.6 Å². The molecule has 0 saturated heterocycles. The molecule has 0 saturated carbocycles. The van der Waals surface area contributed by atoms with Gasteiger partial charge in [-0.3, -0.25) is 4.57 Å². The van der Waals surface area contributed by atoms with E-state index in [2.05, 4.69) is 9.97 Å². The first-order chi connectivity index (χ1) is 9.10. The van der Waals surface area contributed by atoms with Gasteiger partial charge in [-0.2, -0.15) is 10.5 Å². The topological polar surface area (TPSA) is 142 Å². The molecule has 0 atom stereocenters. The average molecular weight is 254 g/mol. The second kappa shape index (κ2) is 4.47. The number of nitrogens with zero attached hydrogens (tertiary/aromatic N) is 5. The van der Waals surface area contributed by atoms with Gasteiger partial charge >= 0.3 is 5.97 Å². The molecule has 0 unspecified atom stereocenters. The van der Waals surface area contributed by atoms with E-state index >= 15 is 0 Å². The number of pyridine rings is 1. The van der Waals surface area contributed by atoms with E-state index in [-0.39, 0.29) is 28.5 Å². The standard InChI is InChI=1S/C11H6N6O2/c12-3-7-8(4-13)17(5-16-7)10-9(14)6(11(18)19)1-2-15-10/h1-2,5H,14H2,(H,18,19). The van der Waals surface area contributed by atoms with Gasteiger partial charge in [0.15, 0.2) is 17.2 Å². The van der Waals surface area contributed by atoms with E-state index in [4.69, 9.17) is 21.4 Å². The van der Waals surface area contributed by atoms with Crippen molar-refractivity contribution in [2.24, 2.45) is 0 Å². The van der Waals surface area contributed by atoms with Gasteiger partial charge in [-0.05, 0) is 6.07 Å². The van der Waals surface area contributed by atoms with Crippen LogP contribution in [0, 0.1) is 22.7 Å². The number of nitriles is 2. The van der Waals surface area contributed by atoms with E-state index in [9.17, 15) is 4.79 Å². The fraction of sp³-hybridized carbons (Fsp3) is 0. The van der Waals surface area contributed by atoms with Gasteiger partial charge in [0.1, 0.15) is 18.5 Å². The third kappa shape index (κ3) is 1.83. The number of rotatable bonds is 2. The summed E-state index contributed by atoms with van der Waals surface area (Å²) in [5.41, 5.74) is 5.33. The molecule has 92 valence electrons. The van der Waals surface area contributed by atoms with Crippen molar-refractivity contribution >= 4 is 11.7 Å². The molecule has 0 aliphatic rings. The predicted molar refractivity (Wildman–Crippen MR) is 62.2 cm³/mol. The molecule has 19 heavy (non-hydrogen) atoms. The lowest BCUT2D eigenvalue weighted by Gasteiger charge is -2.08. The molecular formula is C11H6N6O2. The Labute approximate surface area is 107 Å². The van der Waals surface area contributed by atoms with Crippen molar-refractivity contribution in [1.82, 2.24) is 14.5 Å². The van der Waals surface area contributed by atoms with Gasteiger partial charge in [0.25, 0.3) is 0 Å². The summed E-state index contributed by atoms with van der Waals surface area (Å²) < 4.78 is 1.18. The number of aromatic nitrogens is 3. The highest BCUT2D eigenvalue weighted by atomic mass is 16.4. The molecule has 2 heterocycles. The Bertz CT molecular complexity index is 750. The van der Waals surface area contributed by atoms with E-state index < -0.39 is 5.97 Å². The number of imidazole rings is 1. The largest absolute Gasteiger partial charge is 0.478 e. The fourth-order valence-electron chi connectivity index (χ4n) is 1.54. The number of carbonyl (C=O) groups is 1. The van der Waals surface area contributed by atoms with Gasteiger partial charge in [0, 0.05) is 6.20 Å². The normalized spacial score (nSPS) is 9.58. The Morgan fingerprint density at radius 3 is 2.68 bits per heavy atom. The molecule has 8 nitrogen and oxygen atoms in total. The molecule has 0 aliphatic heterocycles. The van der Waals surface area contributed by atoms with Crippen LogP contribution in [0.4, 0.5) is 5.69 Å². The smallest absolute Gasteiger partial charge is 0.337 e. The Morgan fingerprint density at radius 1 is 1.37 bits per heavy atom. The zero-order valence-electron chi connectivity index (χ0n) is 9.40. The van der Waals surface area contributed by atoms with Crippen LogP contribution < -0.4 is 5.73 Å². The molecule has 2 aromatic heterocycles. The monoisotopic (exact) mass is 254 g/mol. The minimum atomic E-state index is -1.21. The summed E-state index contributed by atoms with van der Waals surface area (Å²) in [6.45, 7) is 0. The second-order valence-corrected chi connectivity index (χ2v) is 3.44. The van der Waals surface area contributed by atoms with Crippen LogP contribution in [-0.2, 0) is 0 Å². The first kappa shape index (κ1) is 12.1. The Kier molecular flexibility index (Phi) is 2.84. The van der Waals surface area contributed by atoms with Crippen LogP contribution in [0.25, 0.3) is 5.82 Å². The zero-order chi connectivity index (χ0) is 14.0. The molecule has 3 N–H and O–H groups in total. The van der Waals surface area contributed by atoms with Gasteiger partial charge in [-0.25, -0.2) is 14.8 Å². The number of nitrogens with two attached hydrogens (primary N) is 1. The minimum absolute atomic E-state index is 0.0467. The van der Waals surface area contributed by atoms with Crippen molar-refractivity contribution in [3.8, 4) is 18.0 Å². The first-order valence-electron chi connectivity index (χ1n) is 4.95. The van der Waals surface area contributed by atoms with Crippen molar-refractivity contribution < 1.29 is 9.90 Å². The quantitative estimate of drug-likeness (QED) is 0.784. The molecule has 0 amide bonds. The molecule has 0 fully saturated rings. The summed E-state index contributed by atoms with van der Waals surface area (Å²) in [6, 6.07) is 4.80. The molecular weight excluding hydrogens is 248 g/mol. The molecule has 8 heteroatoms. The van der Waals surface area contributed by atoms with Gasteiger partial charge in [0.05, 0.1) is 11.3 Å². The van der Waals surface area contributed by atoms with Gasteiger partial charge in [0.2, 0.25) is 0 Å². The number of aromatic carboxylic acids is 1. The van der Waals surface area contributed by atoms with Crippen molar-refractivity contribution in [1.29, 1.82) is 10.5 Å². The predicted octanol–water partition coefficient (Wildman–Crippen LogP) is 0.291. The van der Waals surface area contributed by atoms with Gasteiger partial charge in [-0.1, -0.05) is 0 Å². The van der Waals surface area contributed by atoms with Crippen LogP contribution in [0.2, 0.25) is 0 Å². The summed E-state index contributed by atoms with van der Waals surface area (Å²) in [6.07, 6.45) is 2.45. The summed E-state index contributed by atoms with van der Waals surface area (Å²) in [4.78, 5) is 18.6. The van der Waals surface area contributed by atoms with Crippen LogP contribution in [0.1, 0.15) is 21.7 Å². The second-order valence-electron chi connectivity index (χ2n) is 3.44. The molecule has 0 aromatic carbocycles. The summed E-state index contributed by atoms with van der Waals surface area (Å²) in [5.74, 6) is -1.16. The first-order valence-corrected chi connectivity index (χ1v) is 4.95. The third-order valence-corrected chi connectivity index (χ3v) is 2.41. The van der Waals surface area contributed by atoms with Gasteiger partial charge in [-0.15, -0.1) is 0 Å². The molecule has 2 aromatic rings. The fourth-order valence-corrected chi connectivity index (χ4v) is 1.54. The molecule has 0 spiro atoms. The highest BCUT2D eigenvalue weighted by Gasteiger charge is 2.18. The molecule has 0 bridgehead atoms. The molecule has 0 aliphatic carbocycles. The average Bonchev–Trinajstić information content (AvgIpc) is 2.81. The van der Waals surface area contributed by atoms with Crippen LogP contribution in [0.3, 0.4) is 0 Å². The van der Waals surface area contributed by atoms with Crippen molar-refractivity contribution in [3.05, 3.63) is 35.5 Å². The number of nitrogen functional groups attached to an aromatic ring is 1. The van der Waals surface area contributed by atoms with Crippen molar-refractivity contribution in [2.75, 3.05) is 5.73 Å². The lowest BCUT2D eigenvalue weighted by molar-refractivity contribution is 0.0698. The lowest BCUT2D eigenvalue weighted by Crippen LogP contribution is -2.09. The Hall–Kier alpha value is -3.39. The van der Waals surface area contributed by atoms with E-state index in [1.54, 1.807) is 12.1 Å². The SMILES string of the molecule is N#Cc1ncn(-c2nccc(C(=O)O)c2N)c1C#N. The maximum Gasteiger partial charge on any atom is 0.337 e. The number of anilines is 1. The van der Waals surface area contributed by atoms with Crippen LogP contribution in [0.15, 0.2) is 18.6 Å². The highest BCUT2D eigenvalue weighted by molar-refractivity contribution is 5.95. The molecule has 2 rings (SSSR count). The van der Waals surface area contributed by atoms with E-state index in [1.165, 1.54) is 23.2 Å². The summed E-state index contributed by atoms with van der Waals surface area (Å²) in [7, 11) is 0. The van der Waals surface area contributed by atoms with Crippen molar-refractivity contribution in [3.63, 3.8) is 0 Å². The maximum absolute atomic E-state index is 11.0. The highest BCUT2D eigenvalue weighted by Crippen LogP contribution is 2.21. The Morgan fingerprint density at radius 2 is 2.11 bits per heavy atom. The van der Waals surface area contributed by atoms with E-state index in [0.717, 1.165) is 0 Å². The Balaban J connectivity index is 2.71. The zero-order valence-corrected chi connectivity index (χ0v) is 9.40. The number of carboxylic acids is 1. The number of hydrogen-bond acceptors (Lipinski definition) is 6. The van der Waals surface area contributed by atoms with Gasteiger partial charge < -0.3 is 10.8 Å². The summed E-state index contributed by atoms with van der Waals surface area (Å²) in [5, 5.41) is 26.8.